The Balaban J connectivity index is 1.35. The van der Waals surface area contributed by atoms with Gasteiger partial charge < -0.3 is 19.7 Å². The summed E-state index contributed by atoms with van der Waals surface area (Å²) in [4.78, 5) is 20.2. The molecule has 156 valence electrons. The van der Waals surface area contributed by atoms with Crippen LogP contribution in [0, 0.1) is 12.8 Å². The van der Waals surface area contributed by atoms with Crippen LogP contribution in [0.2, 0.25) is 0 Å². The summed E-state index contributed by atoms with van der Waals surface area (Å²) in [5.74, 6) is 1.60. The predicted molar refractivity (Wildman–Crippen MR) is 116 cm³/mol. The third-order valence-corrected chi connectivity index (χ3v) is 6.69. The fraction of sp³-hybridized carbons (Fsp3) is 0.545. The Hall–Kier alpha value is -2.12. The number of fused-ring (bicyclic) bond motifs is 3. The van der Waals surface area contributed by atoms with E-state index in [-0.39, 0.29) is 12.5 Å². The Labute approximate surface area is 176 Å². The Morgan fingerprint density at radius 3 is 3.00 bits per heavy atom. The van der Waals surface area contributed by atoms with Crippen molar-refractivity contribution in [2.75, 3.05) is 44.8 Å². The van der Waals surface area contributed by atoms with Gasteiger partial charge in [0.1, 0.15) is 12.4 Å². The van der Waals surface area contributed by atoms with Crippen LogP contribution in [0.5, 0.6) is 5.75 Å². The topological polar surface area (TPSA) is 63.7 Å². The highest BCUT2D eigenvalue weighted by atomic mass is 32.1. The average Bonchev–Trinajstić information content (AvgIpc) is 3.07. The fourth-order valence-corrected chi connectivity index (χ4v) is 4.88. The molecule has 1 N–H and O–H groups in total. The van der Waals surface area contributed by atoms with Crippen molar-refractivity contribution < 1.29 is 14.3 Å². The number of piperidine rings is 1. The lowest BCUT2D eigenvalue weighted by atomic mass is 9.97. The third kappa shape index (κ3) is 4.73. The van der Waals surface area contributed by atoms with E-state index in [4.69, 9.17) is 14.5 Å². The summed E-state index contributed by atoms with van der Waals surface area (Å²) < 4.78 is 11.1. The largest absolute Gasteiger partial charge is 0.493 e. The van der Waals surface area contributed by atoms with Gasteiger partial charge in [-0.1, -0.05) is 11.6 Å². The lowest BCUT2D eigenvalue weighted by Gasteiger charge is -2.32. The molecule has 2 aromatic rings. The first kappa shape index (κ1) is 20.2. The number of ether oxygens (including phenoxy) is 2. The number of benzene rings is 1. The smallest absolute Gasteiger partial charge is 0.248 e. The molecular formula is C22H29N3O3S. The molecule has 29 heavy (non-hydrogen) atoms. The Morgan fingerprint density at radius 1 is 1.38 bits per heavy atom. The summed E-state index contributed by atoms with van der Waals surface area (Å²) in [7, 11) is 0. The van der Waals surface area contributed by atoms with Gasteiger partial charge in [0.05, 0.1) is 12.3 Å². The summed E-state index contributed by atoms with van der Waals surface area (Å²) in [6, 6.07) is 6.30. The number of aryl methyl sites for hydroxylation is 1. The highest BCUT2D eigenvalue weighted by molar-refractivity contribution is 7.16. The number of amides is 1. The molecule has 0 unspecified atom stereocenters. The van der Waals surface area contributed by atoms with Crippen molar-refractivity contribution in [3.63, 3.8) is 0 Å². The number of anilines is 1. The number of thiazole rings is 1. The number of carbonyl (C=O) groups excluding carboxylic acids is 1. The van der Waals surface area contributed by atoms with Gasteiger partial charge >= 0.3 is 0 Å². The van der Waals surface area contributed by atoms with Gasteiger partial charge in [0.25, 0.3) is 0 Å². The molecule has 0 radical (unpaired) electrons. The Kier molecular flexibility index (Phi) is 6.35. The van der Waals surface area contributed by atoms with Crippen LogP contribution in [0.25, 0.3) is 11.3 Å². The molecule has 1 amide bonds. The van der Waals surface area contributed by atoms with Crippen molar-refractivity contribution in [1.29, 1.82) is 0 Å². The van der Waals surface area contributed by atoms with Crippen LogP contribution in [-0.2, 0) is 16.0 Å². The number of nitrogens with one attached hydrogen (secondary N) is 1. The fourth-order valence-electron chi connectivity index (χ4n) is 3.91. The van der Waals surface area contributed by atoms with Crippen molar-refractivity contribution in [2.24, 2.45) is 5.92 Å². The number of nitrogens with zero attached hydrogens (tertiary/aromatic N) is 2. The van der Waals surface area contributed by atoms with Crippen LogP contribution >= 0.6 is 11.3 Å². The summed E-state index contributed by atoms with van der Waals surface area (Å²) >= 11 is 1.74. The molecular weight excluding hydrogens is 386 g/mol. The average molecular weight is 416 g/mol. The minimum Gasteiger partial charge on any atom is -0.493 e. The van der Waals surface area contributed by atoms with Crippen LogP contribution in [0.15, 0.2) is 18.2 Å². The molecule has 2 aliphatic rings. The maximum absolute atomic E-state index is 12.1. The van der Waals surface area contributed by atoms with Gasteiger partial charge in [0.15, 0.2) is 5.13 Å². The van der Waals surface area contributed by atoms with Crippen LogP contribution < -0.4 is 10.1 Å². The van der Waals surface area contributed by atoms with E-state index in [1.807, 2.05) is 17.9 Å². The second-order valence-corrected chi connectivity index (χ2v) is 8.81. The van der Waals surface area contributed by atoms with Gasteiger partial charge in [-0.05, 0) is 44.7 Å². The number of carbonyl (C=O) groups is 1. The van der Waals surface area contributed by atoms with Gasteiger partial charge in [-0.25, -0.2) is 4.98 Å². The van der Waals surface area contributed by atoms with E-state index in [0.29, 0.717) is 19.1 Å². The maximum atomic E-state index is 12.1. The molecule has 1 aromatic carbocycles. The molecule has 1 saturated heterocycles. The molecule has 0 bridgehead atoms. The van der Waals surface area contributed by atoms with E-state index < -0.39 is 0 Å². The Bertz CT molecular complexity index is 859. The van der Waals surface area contributed by atoms with Crippen molar-refractivity contribution in [1.82, 2.24) is 9.88 Å². The van der Waals surface area contributed by atoms with Crippen LogP contribution in [0.3, 0.4) is 0 Å². The van der Waals surface area contributed by atoms with E-state index in [1.54, 1.807) is 11.3 Å². The first-order chi connectivity index (χ1) is 14.1. The van der Waals surface area contributed by atoms with Crippen molar-refractivity contribution >= 4 is 22.4 Å². The summed E-state index contributed by atoms with van der Waals surface area (Å²) in [5.41, 5.74) is 3.38. The third-order valence-electron chi connectivity index (χ3n) is 5.61. The molecule has 1 fully saturated rings. The molecule has 3 heterocycles. The molecule has 2 aliphatic heterocycles. The number of rotatable bonds is 6. The molecule has 4 rings (SSSR count). The van der Waals surface area contributed by atoms with Crippen molar-refractivity contribution in [3.8, 4) is 17.0 Å². The van der Waals surface area contributed by atoms with Gasteiger partial charge in [-0.3, -0.25) is 4.79 Å². The molecule has 0 aliphatic carbocycles. The normalized spacial score (nSPS) is 16.6. The Morgan fingerprint density at radius 2 is 2.21 bits per heavy atom. The number of aromatic nitrogens is 1. The van der Waals surface area contributed by atoms with Crippen molar-refractivity contribution in [2.45, 2.75) is 33.1 Å². The lowest BCUT2D eigenvalue weighted by Crippen LogP contribution is -2.41. The number of hydrogen-bond donors (Lipinski definition) is 1. The quantitative estimate of drug-likeness (QED) is 0.779. The summed E-state index contributed by atoms with van der Waals surface area (Å²) in [6.45, 7) is 8.02. The monoisotopic (exact) mass is 415 g/mol. The zero-order chi connectivity index (χ0) is 20.2. The van der Waals surface area contributed by atoms with Crippen molar-refractivity contribution in [3.05, 3.63) is 28.6 Å². The standard InChI is InChI=1S/C22H29N3O3S/c1-3-27-14-20(26)25-9-6-16(7-10-25)13-23-22-24-21-17-12-15(2)4-5-18(17)28-11-8-19(21)29-22/h4-5,12,16H,3,6-11,13-14H2,1-2H3,(H,23,24). The molecule has 1 aromatic heterocycles. The van der Waals surface area contributed by atoms with E-state index in [0.717, 1.165) is 61.0 Å². The van der Waals surface area contributed by atoms with E-state index in [1.165, 1.54) is 10.4 Å². The second-order valence-electron chi connectivity index (χ2n) is 7.73. The van der Waals surface area contributed by atoms with Gasteiger partial charge in [0.2, 0.25) is 5.91 Å². The van der Waals surface area contributed by atoms with Gasteiger partial charge in [-0.15, -0.1) is 11.3 Å². The first-order valence-corrected chi connectivity index (χ1v) is 11.3. The zero-order valence-corrected chi connectivity index (χ0v) is 18.0. The highest BCUT2D eigenvalue weighted by Gasteiger charge is 2.24. The second kappa shape index (κ2) is 9.13. The lowest BCUT2D eigenvalue weighted by molar-refractivity contribution is -0.137. The van der Waals surface area contributed by atoms with E-state index in [2.05, 4.69) is 24.4 Å². The predicted octanol–water partition coefficient (Wildman–Crippen LogP) is 3.74. The minimum atomic E-state index is 0.109. The zero-order valence-electron chi connectivity index (χ0n) is 17.2. The maximum Gasteiger partial charge on any atom is 0.248 e. The van der Waals surface area contributed by atoms with E-state index >= 15 is 0 Å². The number of hydrogen-bond acceptors (Lipinski definition) is 6. The van der Waals surface area contributed by atoms with Crippen LogP contribution in [-0.4, -0.2) is 55.2 Å². The van der Waals surface area contributed by atoms with E-state index in [9.17, 15) is 4.79 Å². The highest BCUT2D eigenvalue weighted by Crippen LogP contribution is 2.39. The molecule has 7 heteroatoms. The molecule has 6 nitrogen and oxygen atoms in total. The summed E-state index contributed by atoms with van der Waals surface area (Å²) in [5, 5.41) is 4.54. The van der Waals surface area contributed by atoms with Crippen LogP contribution in [0.4, 0.5) is 5.13 Å². The summed E-state index contributed by atoms with van der Waals surface area (Å²) in [6.07, 6.45) is 2.93. The molecule has 0 saturated carbocycles. The van der Waals surface area contributed by atoms with Crippen LogP contribution in [0.1, 0.15) is 30.2 Å². The van der Waals surface area contributed by atoms with Gasteiger partial charge in [-0.2, -0.15) is 0 Å². The SMILES string of the molecule is CCOCC(=O)N1CCC(CNc2nc3c(s2)CCOc2ccc(C)cc2-3)CC1. The number of likely N-dealkylation sites (tertiary alicyclic amines) is 1. The molecule has 0 spiro atoms. The first-order valence-electron chi connectivity index (χ1n) is 10.5. The van der Waals surface area contributed by atoms with Gasteiger partial charge in [0, 0.05) is 43.1 Å². The molecule has 0 atom stereocenters. The minimum absolute atomic E-state index is 0.109.